The Balaban J connectivity index is -0.000000306. The fraction of sp³-hybridized carbons (Fsp3) is 0. The van der Waals surface area contributed by atoms with E-state index in [2.05, 4.69) is 0 Å². The number of hydrogen-bond acceptors (Lipinski definition) is 16. The van der Waals surface area contributed by atoms with Gasteiger partial charge in [0.25, 0.3) is 0 Å². The number of carboxylic acid groups (broad SMARTS) is 8. The number of rotatable bonds is 8. The second-order valence-corrected chi connectivity index (χ2v) is 6.05. The zero-order valence-electron chi connectivity index (χ0n) is 23.5. The largest absolute Gasteiger partial charge is 1.00 e. The van der Waals surface area contributed by atoms with E-state index in [9.17, 15) is 79.2 Å². The summed E-state index contributed by atoms with van der Waals surface area (Å²) in [5, 5.41) is 89.0. The predicted octanol–water partition coefficient (Wildman–Crippen LogP) is -34.2. The fourth-order valence-electron chi connectivity index (χ4n) is 3.38. The van der Waals surface area contributed by atoms with Gasteiger partial charge in [0.15, 0.2) is 0 Å². The van der Waals surface area contributed by atoms with Crippen molar-refractivity contribution in [2.75, 3.05) is 0 Å². The Morgan fingerprint density at radius 1 is 0.238 bits per heavy atom. The Labute approximate surface area is 410 Å². The van der Waals surface area contributed by atoms with Gasteiger partial charge in [-0.15, -0.1) is 0 Å². The van der Waals surface area contributed by atoms with E-state index in [-0.39, 0.29) is 236 Å². The quantitative estimate of drug-likeness (QED) is 0.238. The van der Waals surface area contributed by atoms with Crippen molar-refractivity contribution in [2.24, 2.45) is 0 Å². The van der Waals surface area contributed by atoms with Crippen LogP contribution >= 0.6 is 0 Å². The molecule has 0 atom stereocenters. The molecule has 0 bridgehead atoms. The van der Waals surface area contributed by atoms with Crippen LogP contribution in [0.15, 0.2) is 0 Å². The van der Waals surface area contributed by atoms with Gasteiger partial charge in [-0.2, -0.15) is 0 Å². The van der Waals surface area contributed by atoms with Crippen LogP contribution in [0, 0.1) is 0 Å². The van der Waals surface area contributed by atoms with Crippen molar-refractivity contribution in [3.05, 3.63) is 44.5 Å². The Kier molecular flexibility index (Phi) is 35.0. The van der Waals surface area contributed by atoms with E-state index < -0.39 is 103 Å². The third-order valence-electron chi connectivity index (χ3n) is 4.38. The minimum absolute atomic E-state index is 0. The molecule has 0 aromatic heterocycles. The van der Waals surface area contributed by atoms with Gasteiger partial charge in [0.1, 0.15) is 0 Å². The van der Waals surface area contributed by atoms with Crippen LogP contribution in [0.2, 0.25) is 0 Å². The third kappa shape index (κ3) is 11.9. The third-order valence-corrected chi connectivity index (χ3v) is 4.38. The van der Waals surface area contributed by atoms with Crippen molar-refractivity contribution in [1.29, 1.82) is 0 Å². The molecule has 2 aromatic carbocycles. The molecule has 0 spiro atoms. The smallest absolute Gasteiger partial charge is 0.545 e. The number of carbonyl (C=O) groups excluding carboxylic acids is 8. The van der Waals surface area contributed by atoms with Gasteiger partial charge in [-0.3, -0.25) is 0 Å². The minimum atomic E-state index is -2.84. The molecule has 16 nitrogen and oxygen atoms in total. The van der Waals surface area contributed by atoms with E-state index in [0.717, 1.165) is 0 Å². The first kappa shape index (κ1) is 59.8. The first-order valence-corrected chi connectivity index (χ1v) is 8.02. The molecule has 176 valence electrons. The maximum atomic E-state index is 11.7. The molecule has 42 heavy (non-hydrogen) atoms. The number of carbonyl (C=O) groups is 8. The van der Waals surface area contributed by atoms with Crippen molar-refractivity contribution in [3.8, 4) is 0 Å². The first-order valence-electron chi connectivity index (χ1n) is 8.02. The number of hydrogen-bond donors (Lipinski definition) is 0. The molecule has 0 amide bonds. The van der Waals surface area contributed by atoms with Crippen molar-refractivity contribution in [2.45, 2.75) is 0 Å². The van der Waals surface area contributed by atoms with Crippen LogP contribution in [0.3, 0.4) is 0 Å². The van der Waals surface area contributed by atoms with Crippen LogP contribution in [0.4, 0.5) is 0 Å². The monoisotopic (exact) mass is 656 g/mol. The van der Waals surface area contributed by atoms with Gasteiger partial charge in [0.2, 0.25) is 0 Å². The van der Waals surface area contributed by atoms with Crippen molar-refractivity contribution in [1.82, 2.24) is 0 Å². The molecule has 0 heterocycles. The van der Waals surface area contributed by atoms with Gasteiger partial charge in [0, 0.05) is 55.3 Å². The van der Waals surface area contributed by atoms with E-state index >= 15 is 0 Å². The zero-order chi connectivity index (χ0) is 26.4. The van der Waals surface area contributed by atoms with Crippen molar-refractivity contribution < 1.29 is 316 Å². The molecule has 0 aliphatic carbocycles. The summed E-state index contributed by atoms with van der Waals surface area (Å²) in [5.41, 5.74) is -17.3. The molecular weight excluding hydrogens is 656 g/mol. The van der Waals surface area contributed by atoms with Gasteiger partial charge < -0.3 is 79.2 Å². The van der Waals surface area contributed by atoms with Crippen molar-refractivity contribution >= 4 is 58.5 Å². The summed E-state index contributed by atoms with van der Waals surface area (Å²) in [6.07, 6.45) is 0. The van der Waals surface area contributed by atoms with Crippen LogP contribution in [0.5, 0.6) is 0 Å². The van der Waals surface area contributed by atoms with Crippen LogP contribution in [0.25, 0.3) is 10.8 Å². The number of benzene rings is 2. The Hall–Kier alpha value is 2.46. The van der Waals surface area contributed by atoms with E-state index in [0.29, 0.717) is 0 Å². The van der Waals surface area contributed by atoms with Gasteiger partial charge in [-0.1, -0.05) is 0 Å². The summed E-state index contributed by atoms with van der Waals surface area (Å²) in [4.78, 5) is 93.0. The second kappa shape index (κ2) is 24.6. The molecule has 24 heteroatoms. The zero-order valence-corrected chi connectivity index (χ0v) is 39.5. The number of fused-ring (bicyclic) bond motifs is 1. The number of aromatic carboxylic acids is 8. The maximum Gasteiger partial charge on any atom is 1.00 e. The Morgan fingerprint density at radius 2 is 0.333 bits per heavy atom. The van der Waals surface area contributed by atoms with E-state index in [4.69, 9.17) is 0 Å². The molecule has 0 N–H and O–H groups in total. The van der Waals surface area contributed by atoms with E-state index in [1.165, 1.54) is 0 Å². The summed E-state index contributed by atoms with van der Waals surface area (Å²) in [7, 11) is 0. The summed E-state index contributed by atoms with van der Waals surface area (Å²) < 4.78 is 0. The van der Waals surface area contributed by atoms with E-state index in [1.807, 2.05) is 0 Å². The van der Waals surface area contributed by atoms with Crippen LogP contribution in [-0.4, -0.2) is 47.8 Å². The Bertz CT molecular complexity index is 1230. The summed E-state index contributed by atoms with van der Waals surface area (Å²) in [5.74, 6) is -22.7. The molecule has 0 unspecified atom stereocenters. The SMILES string of the molecule is O=C([O-])c1c(C(=O)[O-])c(C(=O)[O-])c2c(C(=O)[O-])c(C(=O)[O-])c(C(=O)[O-])c(C(=O)[O-])c2c1C(=O)[O-].[Na+].[Na+].[Na+].[Na+].[Na+].[Na+].[Na+].[Na+]. The van der Waals surface area contributed by atoms with Gasteiger partial charge in [-0.05, 0) is 0 Å². The summed E-state index contributed by atoms with van der Waals surface area (Å²) in [6, 6.07) is 0. The molecule has 2 rings (SSSR count). The van der Waals surface area contributed by atoms with E-state index in [1.54, 1.807) is 0 Å². The van der Waals surface area contributed by atoms with Crippen molar-refractivity contribution in [3.63, 3.8) is 0 Å². The van der Waals surface area contributed by atoms with Crippen LogP contribution in [0.1, 0.15) is 82.9 Å². The van der Waals surface area contributed by atoms with Gasteiger partial charge >= 0.3 is 236 Å². The molecule has 0 aliphatic rings. The average Bonchev–Trinajstić information content (AvgIpc) is 2.68. The normalized spacial score (nSPS) is 8.48. The fourth-order valence-corrected chi connectivity index (χ4v) is 3.38. The summed E-state index contributed by atoms with van der Waals surface area (Å²) in [6.45, 7) is 0. The molecule has 0 saturated carbocycles. The predicted molar refractivity (Wildman–Crippen MR) is 78.6 cm³/mol. The van der Waals surface area contributed by atoms with Gasteiger partial charge in [-0.25, -0.2) is 0 Å². The molecule has 0 aliphatic heterocycles. The van der Waals surface area contributed by atoms with Crippen LogP contribution < -0.4 is 277 Å². The first-order chi connectivity index (χ1) is 15.6. The molecular formula is C18Na8O16. The summed E-state index contributed by atoms with van der Waals surface area (Å²) >= 11 is 0. The second-order valence-electron chi connectivity index (χ2n) is 6.05. The average molecular weight is 656 g/mol. The molecule has 0 saturated heterocycles. The Morgan fingerprint density at radius 3 is 0.405 bits per heavy atom. The molecule has 2 aromatic rings. The van der Waals surface area contributed by atoms with Crippen LogP contribution in [-0.2, 0) is 0 Å². The molecule has 0 radical (unpaired) electrons. The number of carboxylic acids is 8. The maximum absolute atomic E-state index is 11.7. The minimum Gasteiger partial charge on any atom is -0.545 e. The topological polar surface area (TPSA) is 321 Å². The van der Waals surface area contributed by atoms with Gasteiger partial charge in [0.05, 0.1) is 47.8 Å². The standard InChI is InChI=1S/C18H8O16.8Na/c19-11(20)3-1-2(5(13(23)24)9(17(31)32)7(3)15(27)28)6(14(25)26)10(18(33)34)8(16(29)30)4(1)12(21)22;;;;;;;;/h(H,19,20)(H,21,22)(H,23,24)(H,25,26)(H,27,28)(H,29,30)(H,31,32)(H,33,34);;;;;;;;/q;8*+1/p-8. The molecule has 0 fully saturated rings.